The van der Waals surface area contributed by atoms with Crippen molar-refractivity contribution in [1.29, 1.82) is 0 Å². The summed E-state index contributed by atoms with van der Waals surface area (Å²) in [6.07, 6.45) is -2.07. The Labute approximate surface area is 170 Å². The van der Waals surface area contributed by atoms with Crippen molar-refractivity contribution in [1.82, 2.24) is 4.98 Å². The standard InChI is InChI=1S/C20H11F5N2O4/c21-19(22)30-15-6-4-12(18(28)27-10-2-1-7-26-9-10)16-13-8-11(31-20(23,24)25)3-5-14(13)29-17(15)16/h1-9,19H,(H,27,28). The SMILES string of the molecule is O=C(Nc1cccnc1)c1ccc(OC(F)F)c2oc3ccc(OC(F)(F)F)cc3c12. The summed E-state index contributed by atoms with van der Waals surface area (Å²) in [4.78, 5) is 16.7. The minimum Gasteiger partial charge on any atom is -0.452 e. The first kappa shape index (κ1) is 20.4. The van der Waals surface area contributed by atoms with Crippen LogP contribution in [-0.2, 0) is 0 Å². The number of rotatable bonds is 5. The highest BCUT2D eigenvalue weighted by Gasteiger charge is 2.31. The first-order valence-corrected chi connectivity index (χ1v) is 8.62. The third-order valence-corrected chi connectivity index (χ3v) is 4.17. The maximum Gasteiger partial charge on any atom is 0.573 e. The third kappa shape index (κ3) is 4.34. The number of alkyl halides is 5. The molecule has 1 amide bonds. The number of hydrogen-bond donors (Lipinski definition) is 1. The van der Waals surface area contributed by atoms with Gasteiger partial charge in [0.25, 0.3) is 5.91 Å². The number of ether oxygens (including phenoxy) is 2. The quantitative estimate of drug-likeness (QED) is 0.403. The van der Waals surface area contributed by atoms with E-state index in [-0.39, 0.29) is 33.3 Å². The highest BCUT2D eigenvalue weighted by atomic mass is 19.4. The second kappa shape index (κ2) is 7.74. The second-order valence-corrected chi connectivity index (χ2v) is 6.20. The molecule has 0 fully saturated rings. The molecule has 0 atom stereocenters. The molecule has 11 heteroatoms. The topological polar surface area (TPSA) is 73.6 Å². The lowest BCUT2D eigenvalue weighted by molar-refractivity contribution is -0.274. The predicted molar refractivity (Wildman–Crippen MR) is 99.2 cm³/mol. The van der Waals surface area contributed by atoms with E-state index < -0.39 is 24.6 Å². The van der Waals surface area contributed by atoms with Crippen LogP contribution in [0.15, 0.2) is 59.3 Å². The monoisotopic (exact) mass is 438 g/mol. The molecular weight excluding hydrogens is 427 g/mol. The molecule has 4 rings (SSSR count). The van der Waals surface area contributed by atoms with Gasteiger partial charge in [-0.15, -0.1) is 13.2 Å². The van der Waals surface area contributed by atoms with Gasteiger partial charge in [0, 0.05) is 17.0 Å². The van der Waals surface area contributed by atoms with E-state index in [0.717, 1.165) is 18.2 Å². The Morgan fingerprint density at radius 2 is 1.94 bits per heavy atom. The molecule has 1 N–H and O–H groups in total. The zero-order valence-electron chi connectivity index (χ0n) is 15.2. The van der Waals surface area contributed by atoms with Gasteiger partial charge in [-0.3, -0.25) is 9.78 Å². The normalized spacial score (nSPS) is 11.8. The van der Waals surface area contributed by atoms with Crippen molar-refractivity contribution in [2.75, 3.05) is 5.32 Å². The Bertz CT molecular complexity index is 1260. The van der Waals surface area contributed by atoms with Gasteiger partial charge in [0.2, 0.25) is 0 Å². The zero-order chi connectivity index (χ0) is 22.2. The molecule has 0 aliphatic rings. The van der Waals surface area contributed by atoms with Crippen LogP contribution in [0, 0.1) is 0 Å². The van der Waals surface area contributed by atoms with E-state index in [0.29, 0.717) is 5.69 Å². The van der Waals surface area contributed by atoms with Crippen LogP contribution in [0.25, 0.3) is 21.9 Å². The van der Waals surface area contributed by atoms with Gasteiger partial charge in [0.05, 0.1) is 17.4 Å². The molecular formula is C20H11F5N2O4. The molecule has 6 nitrogen and oxygen atoms in total. The summed E-state index contributed by atoms with van der Waals surface area (Å²) in [5.74, 6) is -1.61. The lowest BCUT2D eigenvalue weighted by Crippen LogP contribution is -2.17. The minimum atomic E-state index is -4.95. The Hall–Kier alpha value is -3.89. The van der Waals surface area contributed by atoms with Crippen molar-refractivity contribution in [3.63, 3.8) is 0 Å². The molecule has 0 saturated heterocycles. The summed E-state index contributed by atoms with van der Waals surface area (Å²) < 4.78 is 77.4. The number of hydrogen-bond acceptors (Lipinski definition) is 5. The van der Waals surface area contributed by atoms with Crippen LogP contribution >= 0.6 is 0 Å². The second-order valence-electron chi connectivity index (χ2n) is 6.20. The van der Waals surface area contributed by atoms with E-state index in [1.807, 2.05) is 0 Å². The highest BCUT2D eigenvalue weighted by Crippen LogP contribution is 2.40. The molecule has 0 bridgehead atoms. The first-order valence-electron chi connectivity index (χ1n) is 8.62. The Morgan fingerprint density at radius 3 is 2.61 bits per heavy atom. The Morgan fingerprint density at radius 1 is 1.13 bits per heavy atom. The van der Waals surface area contributed by atoms with Gasteiger partial charge in [-0.05, 0) is 42.5 Å². The van der Waals surface area contributed by atoms with Gasteiger partial charge < -0.3 is 19.2 Å². The van der Waals surface area contributed by atoms with Crippen LogP contribution in [-0.4, -0.2) is 23.9 Å². The number of halogens is 5. The van der Waals surface area contributed by atoms with Gasteiger partial charge in [-0.1, -0.05) is 0 Å². The molecule has 2 heterocycles. The zero-order valence-corrected chi connectivity index (χ0v) is 15.2. The number of fused-ring (bicyclic) bond motifs is 3. The highest BCUT2D eigenvalue weighted by molar-refractivity contribution is 6.20. The fourth-order valence-electron chi connectivity index (χ4n) is 3.05. The van der Waals surface area contributed by atoms with E-state index in [4.69, 9.17) is 4.42 Å². The summed E-state index contributed by atoms with van der Waals surface area (Å²) in [5.41, 5.74) is 0.134. The van der Waals surface area contributed by atoms with Crippen molar-refractivity contribution in [3.8, 4) is 11.5 Å². The molecule has 0 saturated carbocycles. The van der Waals surface area contributed by atoms with Crippen LogP contribution in [0.2, 0.25) is 0 Å². The molecule has 0 aliphatic heterocycles. The molecule has 31 heavy (non-hydrogen) atoms. The Kier molecular flexibility index (Phi) is 5.09. The summed E-state index contributed by atoms with van der Waals surface area (Å²) >= 11 is 0. The molecule has 0 spiro atoms. The summed E-state index contributed by atoms with van der Waals surface area (Å²) in [6, 6.07) is 8.65. The van der Waals surface area contributed by atoms with E-state index in [1.54, 1.807) is 12.1 Å². The number of nitrogens with one attached hydrogen (secondary N) is 1. The largest absolute Gasteiger partial charge is 0.573 e. The van der Waals surface area contributed by atoms with Gasteiger partial charge in [-0.25, -0.2) is 0 Å². The lowest BCUT2D eigenvalue weighted by Gasteiger charge is -2.10. The third-order valence-electron chi connectivity index (χ3n) is 4.17. The maximum absolute atomic E-state index is 12.8. The summed E-state index contributed by atoms with van der Waals surface area (Å²) in [6.45, 7) is -3.18. The van der Waals surface area contributed by atoms with Crippen molar-refractivity contribution in [2.45, 2.75) is 13.0 Å². The van der Waals surface area contributed by atoms with Crippen LogP contribution in [0.3, 0.4) is 0 Å². The molecule has 2 aromatic carbocycles. The van der Waals surface area contributed by atoms with Crippen molar-refractivity contribution in [3.05, 3.63) is 60.4 Å². The number of amides is 1. The number of aromatic nitrogens is 1. The van der Waals surface area contributed by atoms with Gasteiger partial charge in [0.1, 0.15) is 11.3 Å². The molecule has 160 valence electrons. The maximum atomic E-state index is 12.8. The summed E-state index contributed by atoms with van der Waals surface area (Å²) in [5, 5.41) is 2.61. The van der Waals surface area contributed by atoms with Crippen LogP contribution < -0.4 is 14.8 Å². The van der Waals surface area contributed by atoms with Gasteiger partial charge in [0.15, 0.2) is 11.3 Å². The van der Waals surface area contributed by atoms with E-state index in [2.05, 4.69) is 19.8 Å². The van der Waals surface area contributed by atoms with Crippen LogP contribution in [0.5, 0.6) is 11.5 Å². The predicted octanol–water partition coefficient (Wildman–Crippen LogP) is 5.73. The molecule has 0 radical (unpaired) electrons. The number of carbonyl (C=O) groups excluding carboxylic acids is 1. The van der Waals surface area contributed by atoms with Crippen molar-refractivity contribution < 1.29 is 40.6 Å². The van der Waals surface area contributed by atoms with Crippen molar-refractivity contribution >= 4 is 33.5 Å². The number of anilines is 1. The molecule has 0 aliphatic carbocycles. The van der Waals surface area contributed by atoms with E-state index in [1.165, 1.54) is 24.5 Å². The average Bonchev–Trinajstić information content (AvgIpc) is 3.07. The van der Waals surface area contributed by atoms with Crippen LogP contribution in [0.1, 0.15) is 10.4 Å². The lowest BCUT2D eigenvalue weighted by atomic mass is 10.0. The summed E-state index contributed by atoms with van der Waals surface area (Å²) in [7, 11) is 0. The fraction of sp³-hybridized carbons (Fsp3) is 0.100. The number of pyridine rings is 1. The van der Waals surface area contributed by atoms with Gasteiger partial charge >= 0.3 is 13.0 Å². The number of benzene rings is 2. The van der Waals surface area contributed by atoms with Gasteiger partial charge in [-0.2, -0.15) is 8.78 Å². The number of furan rings is 1. The smallest absolute Gasteiger partial charge is 0.452 e. The molecule has 0 unspecified atom stereocenters. The van der Waals surface area contributed by atoms with E-state index >= 15 is 0 Å². The minimum absolute atomic E-state index is 0.0119. The van der Waals surface area contributed by atoms with E-state index in [9.17, 15) is 26.7 Å². The number of nitrogens with zero attached hydrogens (tertiary/aromatic N) is 1. The molecule has 2 aromatic heterocycles. The average molecular weight is 438 g/mol. The van der Waals surface area contributed by atoms with Crippen molar-refractivity contribution in [2.24, 2.45) is 0 Å². The van der Waals surface area contributed by atoms with Crippen LogP contribution in [0.4, 0.5) is 27.6 Å². The first-order chi connectivity index (χ1) is 14.7. The number of carbonyl (C=O) groups is 1. The fourth-order valence-corrected chi connectivity index (χ4v) is 3.05. The Balaban J connectivity index is 1.89. The molecule has 4 aromatic rings.